The fraction of sp³-hybridized carbons (Fsp3) is 0. The van der Waals surface area contributed by atoms with Gasteiger partial charge in [0.05, 0.1) is 11.1 Å². The highest BCUT2D eigenvalue weighted by molar-refractivity contribution is 6.37. The molecule has 7 nitrogen and oxygen atoms in total. The summed E-state index contributed by atoms with van der Waals surface area (Å²) in [6.07, 6.45) is 1.46. The third-order valence-electron chi connectivity index (χ3n) is 4.49. The SMILES string of the molecule is O=C(Oc1ccc2c(c1)OC(=Cc1c(Cl)cccc1Cl)C2=O)c1ccc([NH+]([O-])O)cc1. The topological polar surface area (TPSA) is 100 Å². The number of fused-ring (bicyclic) bond motifs is 1. The quantitative estimate of drug-likeness (QED) is 0.263. The van der Waals surface area contributed by atoms with E-state index in [0.717, 1.165) is 0 Å². The second-order valence-corrected chi connectivity index (χ2v) is 7.32. The van der Waals surface area contributed by atoms with E-state index < -0.39 is 11.2 Å². The van der Waals surface area contributed by atoms with Crippen molar-refractivity contribution in [1.82, 2.24) is 0 Å². The van der Waals surface area contributed by atoms with E-state index in [9.17, 15) is 14.8 Å². The summed E-state index contributed by atoms with van der Waals surface area (Å²) in [6, 6.07) is 14.7. The number of ketones is 1. The maximum atomic E-state index is 12.6. The van der Waals surface area contributed by atoms with Gasteiger partial charge in [-0.25, -0.2) is 10.0 Å². The number of hydrogen-bond donors (Lipinski definition) is 2. The van der Waals surface area contributed by atoms with E-state index in [0.29, 0.717) is 21.2 Å². The Balaban J connectivity index is 1.54. The number of quaternary nitrogens is 1. The lowest BCUT2D eigenvalue weighted by Gasteiger charge is -2.11. The van der Waals surface area contributed by atoms with Gasteiger partial charge in [0.1, 0.15) is 11.5 Å². The first kappa shape index (κ1) is 21.0. The number of allylic oxidation sites excluding steroid dienone is 1. The van der Waals surface area contributed by atoms with Crippen molar-refractivity contribution in [1.29, 1.82) is 0 Å². The highest BCUT2D eigenvalue weighted by Gasteiger charge is 2.28. The largest absolute Gasteiger partial charge is 0.595 e. The van der Waals surface area contributed by atoms with Crippen molar-refractivity contribution < 1.29 is 29.5 Å². The van der Waals surface area contributed by atoms with Crippen LogP contribution in [0.4, 0.5) is 5.69 Å². The van der Waals surface area contributed by atoms with Gasteiger partial charge in [-0.1, -0.05) is 29.3 Å². The number of benzene rings is 3. The zero-order valence-electron chi connectivity index (χ0n) is 15.6. The normalized spacial score (nSPS) is 14.8. The molecular formula is C22H13Cl2NO6. The molecule has 156 valence electrons. The van der Waals surface area contributed by atoms with Gasteiger partial charge in [-0.3, -0.25) is 4.79 Å². The fourth-order valence-corrected chi connectivity index (χ4v) is 3.43. The van der Waals surface area contributed by atoms with Crippen LogP contribution in [-0.4, -0.2) is 17.0 Å². The molecule has 1 aliphatic rings. The first-order valence-electron chi connectivity index (χ1n) is 8.91. The molecule has 1 aliphatic heterocycles. The van der Waals surface area contributed by atoms with Crippen LogP contribution < -0.4 is 14.7 Å². The van der Waals surface area contributed by atoms with Crippen LogP contribution >= 0.6 is 23.2 Å². The lowest BCUT2D eigenvalue weighted by molar-refractivity contribution is -0.991. The first-order valence-corrected chi connectivity index (χ1v) is 9.67. The number of halogens is 2. The second-order valence-electron chi connectivity index (χ2n) is 6.51. The molecule has 0 amide bonds. The van der Waals surface area contributed by atoms with Crippen molar-refractivity contribution in [2.75, 3.05) is 0 Å². The molecule has 4 rings (SSSR count). The molecule has 0 radical (unpaired) electrons. The predicted octanol–water partition coefficient (Wildman–Crippen LogP) is 4.23. The Kier molecular flexibility index (Phi) is 5.77. The lowest BCUT2D eigenvalue weighted by atomic mass is 10.1. The van der Waals surface area contributed by atoms with Crippen molar-refractivity contribution in [3.05, 3.63) is 98.4 Å². The third-order valence-corrected chi connectivity index (χ3v) is 5.15. The van der Waals surface area contributed by atoms with Gasteiger partial charge in [-0.2, -0.15) is 5.23 Å². The monoisotopic (exact) mass is 457 g/mol. The Bertz CT molecular complexity index is 1200. The molecule has 9 heteroatoms. The van der Waals surface area contributed by atoms with Gasteiger partial charge in [0.15, 0.2) is 11.4 Å². The summed E-state index contributed by atoms with van der Waals surface area (Å²) in [6.45, 7) is 0. The van der Waals surface area contributed by atoms with E-state index in [-0.39, 0.29) is 34.3 Å². The minimum atomic E-state index is -1.10. The van der Waals surface area contributed by atoms with Gasteiger partial charge in [0.25, 0.3) is 0 Å². The zero-order chi connectivity index (χ0) is 22.1. The van der Waals surface area contributed by atoms with Gasteiger partial charge in [-0.05, 0) is 42.5 Å². The van der Waals surface area contributed by atoms with Gasteiger partial charge < -0.3 is 14.7 Å². The molecule has 1 atom stereocenters. The molecule has 0 aliphatic carbocycles. The maximum Gasteiger partial charge on any atom is 0.343 e. The van der Waals surface area contributed by atoms with Crippen LogP contribution in [-0.2, 0) is 0 Å². The van der Waals surface area contributed by atoms with Crippen LogP contribution in [0.1, 0.15) is 26.3 Å². The summed E-state index contributed by atoms with van der Waals surface area (Å²) in [5.41, 5.74) is 0.994. The minimum absolute atomic E-state index is 0.0396. The number of esters is 1. The number of carbonyl (C=O) groups is 2. The van der Waals surface area contributed by atoms with E-state index in [4.69, 9.17) is 37.9 Å². The number of nitrogens with one attached hydrogen (secondary N) is 1. The summed E-state index contributed by atoms with van der Waals surface area (Å²) in [5.74, 6) is -0.604. The van der Waals surface area contributed by atoms with Crippen molar-refractivity contribution in [2.45, 2.75) is 0 Å². The zero-order valence-corrected chi connectivity index (χ0v) is 17.1. The highest BCUT2D eigenvalue weighted by Crippen LogP contribution is 2.36. The molecule has 31 heavy (non-hydrogen) atoms. The maximum absolute atomic E-state index is 12.6. The average Bonchev–Trinajstić information content (AvgIpc) is 3.05. The Morgan fingerprint density at radius 1 is 1.06 bits per heavy atom. The molecule has 1 heterocycles. The van der Waals surface area contributed by atoms with Crippen molar-refractivity contribution >= 4 is 46.7 Å². The van der Waals surface area contributed by atoms with Crippen LogP contribution in [0.5, 0.6) is 11.5 Å². The van der Waals surface area contributed by atoms with E-state index in [1.807, 2.05) is 0 Å². The second kappa shape index (κ2) is 8.50. The summed E-state index contributed by atoms with van der Waals surface area (Å²) in [5, 5.41) is 19.5. The molecule has 0 fully saturated rings. The summed E-state index contributed by atoms with van der Waals surface area (Å²) in [4.78, 5) is 25.0. The van der Waals surface area contributed by atoms with Crippen LogP contribution in [0, 0.1) is 5.21 Å². The van der Waals surface area contributed by atoms with E-state index in [1.54, 1.807) is 18.2 Å². The molecular weight excluding hydrogens is 445 g/mol. The van der Waals surface area contributed by atoms with Crippen LogP contribution in [0.3, 0.4) is 0 Å². The van der Waals surface area contributed by atoms with Crippen LogP contribution in [0.2, 0.25) is 10.0 Å². The Morgan fingerprint density at radius 2 is 1.74 bits per heavy atom. The summed E-state index contributed by atoms with van der Waals surface area (Å²) >= 11 is 12.3. The number of Topliss-reactive ketones (excluding diaryl/α,β-unsaturated/α-hetero) is 1. The number of hydrogen-bond acceptors (Lipinski definition) is 6. The van der Waals surface area contributed by atoms with Crippen LogP contribution in [0.15, 0.2) is 66.4 Å². The smallest absolute Gasteiger partial charge is 0.343 e. The van der Waals surface area contributed by atoms with Crippen LogP contribution in [0.25, 0.3) is 6.08 Å². The van der Waals surface area contributed by atoms with E-state index in [1.165, 1.54) is 48.5 Å². The molecule has 0 spiro atoms. The van der Waals surface area contributed by atoms with E-state index >= 15 is 0 Å². The summed E-state index contributed by atoms with van der Waals surface area (Å²) < 4.78 is 11.0. The highest BCUT2D eigenvalue weighted by atomic mass is 35.5. The first-order chi connectivity index (χ1) is 14.8. The minimum Gasteiger partial charge on any atom is -0.595 e. The molecule has 3 aromatic carbocycles. The van der Waals surface area contributed by atoms with Crippen molar-refractivity contribution in [3.63, 3.8) is 0 Å². The summed E-state index contributed by atoms with van der Waals surface area (Å²) in [7, 11) is 0. The molecule has 0 saturated carbocycles. The molecule has 3 aromatic rings. The number of rotatable bonds is 4. The molecule has 1 unspecified atom stereocenters. The molecule has 0 bridgehead atoms. The fourth-order valence-electron chi connectivity index (χ4n) is 2.93. The average molecular weight is 458 g/mol. The molecule has 2 N–H and O–H groups in total. The standard InChI is InChI=1S/C22H13Cl2NO6/c23-17-2-1-3-18(24)16(17)11-20-21(26)15-9-8-14(10-19(15)31-20)30-22(27)12-4-6-13(7-5-12)25(28)29/h1-11,25,28H. The van der Waals surface area contributed by atoms with Gasteiger partial charge in [0, 0.05) is 33.8 Å². The predicted molar refractivity (Wildman–Crippen MR) is 113 cm³/mol. The van der Waals surface area contributed by atoms with Crippen molar-refractivity contribution in [3.8, 4) is 11.5 Å². The lowest BCUT2D eigenvalue weighted by Crippen LogP contribution is -2.99. The Hall–Kier alpha value is -3.20. The molecule has 0 saturated heterocycles. The van der Waals surface area contributed by atoms with Crippen molar-refractivity contribution in [2.24, 2.45) is 0 Å². The van der Waals surface area contributed by atoms with Gasteiger partial charge >= 0.3 is 5.97 Å². The van der Waals surface area contributed by atoms with Gasteiger partial charge in [0.2, 0.25) is 5.78 Å². The Morgan fingerprint density at radius 3 is 2.39 bits per heavy atom. The number of ether oxygens (including phenoxy) is 2. The third kappa shape index (κ3) is 4.32. The van der Waals surface area contributed by atoms with E-state index in [2.05, 4.69) is 0 Å². The van der Waals surface area contributed by atoms with Gasteiger partial charge in [-0.15, -0.1) is 0 Å². The Labute approximate surface area is 186 Å². The molecule has 0 aromatic heterocycles. The number of carbonyl (C=O) groups excluding carboxylic acids is 2.